The van der Waals surface area contributed by atoms with Gasteiger partial charge in [-0.15, -0.1) is 6.58 Å². The highest BCUT2D eigenvalue weighted by atomic mass is 16.2. The number of carbonyl (C=O) groups is 5. The number of Topliss-reactive ketones (excluding diaryl/α,β-unsaturated/α-hetero) is 1. The van der Waals surface area contributed by atoms with E-state index < -0.39 is 35.7 Å². The number of benzene rings is 1. The van der Waals surface area contributed by atoms with Crippen LogP contribution in [0.3, 0.4) is 0 Å². The molecule has 5 fully saturated rings. The van der Waals surface area contributed by atoms with Gasteiger partial charge in [-0.05, 0) is 111 Å². The Balaban J connectivity index is 1.23. The van der Waals surface area contributed by atoms with Crippen molar-refractivity contribution in [2.24, 2.45) is 35.5 Å². The van der Waals surface area contributed by atoms with Crippen LogP contribution < -0.4 is 21.3 Å². The Hall–Kier alpha value is -3.69. The molecule has 7 rings (SSSR count). The van der Waals surface area contributed by atoms with Crippen LogP contribution in [0.4, 0.5) is 4.79 Å². The second-order valence-corrected chi connectivity index (χ2v) is 16.1. The number of carbonyl (C=O) groups excluding carboxylic acids is 5. The monoisotopic (exact) mass is 673 g/mol. The Kier molecular flexibility index (Phi) is 10.5. The molecule has 266 valence electrons. The molecule has 4 N–H and O–H groups in total. The highest BCUT2D eigenvalue weighted by Crippen LogP contribution is 2.55. The molecule has 1 saturated heterocycles. The van der Waals surface area contributed by atoms with Gasteiger partial charge in [0, 0.05) is 18.6 Å². The lowest BCUT2D eigenvalue weighted by Crippen LogP contribution is -2.64. The Morgan fingerprint density at radius 2 is 1.57 bits per heavy atom. The molecule has 4 saturated carbocycles. The van der Waals surface area contributed by atoms with Crippen LogP contribution in [-0.4, -0.2) is 71.2 Å². The summed E-state index contributed by atoms with van der Waals surface area (Å²) in [6, 6.07) is 5.24. The average Bonchev–Trinajstić information content (AvgIpc) is 3.70. The zero-order valence-electron chi connectivity index (χ0n) is 29.5. The molecule has 5 aliphatic carbocycles. The molecule has 4 atom stereocenters. The molecule has 0 spiro atoms. The average molecular weight is 674 g/mol. The third-order valence-electron chi connectivity index (χ3n) is 12.2. The fourth-order valence-electron chi connectivity index (χ4n) is 10.4. The molecule has 6 aliphatic rings. The van der Waals surface area contributed by atoms with Crippen molar-refractivity contribution in [3.05, 3.63) is 48.0 Å². The van der Waals surface area contributed by atoms with E-state index in [1.807, 2.05) is 32.9 Å². The zero-order chi connectivity index (χ0) is 34.9. The van der Waals surface area contributed by atoms with E-state index in [1.165, 1.54) is 36.5 Å². The fourth-order valence-corrected chi connectivity index (χ4v) is 10.4. The van der Waals surface area contributed by atoms with E-state index in [2.05, 4.69) is 40.0 Å². The van der Waals surface area contributed by atoms with E-state index in [0.29, 0.717) is 56.4 Å². The van der Waals surface area contributed by atoms with Crippen LogP contribution in [0.25, 0.3) is 0 Å². The lowest BCUT2D eigenvalue weighted by atomic mass is 9.53. The first-order chi connectivity index (χ1) is 23.5. The molecule has 2 unspecified atom stereocenters. The minimum atomic E-state index is -1.00. The van der Waals surface area contributed by atoms with Gasteiger partial charge >= 0.3 is 6.03 Å². The van der Waals surface area contributed by atoms with Gasteiger partial charge < -0.3 is 26.2 Å². The smallest absolute Gasteiger partial charge is 0.315 e. The van der Waals surface area contributed by atoms with Gasteiger partial charge in [-0.3, -0.25) is 19.2 Å². The van der Waals surface area contributed by atoms with Crippen LogP contribution in [0.15, 0.2) is 36.9 Å². The second-order valence-electron chi connectivity index (χ2n) is 16.1. The van der Waals surface area contributed by atoms with Crippen molar-refractivity contribution in [2.45, 2.75) is 115 Å². The number of fused-ring (bicyclic) bond motifs is 1. The van der Waals surface area contributed by atoms with Crippen molar-refractivity contribution in [3.63, 3.8) is 0 Å². The lowest BCUT2D eigenvalue weighted by molar-refractivity contribution is -0.144. The topological polar surface area (TPSA) is 137 Å². The van der Waals surface area contributed by atoms with E-state index >= 15 is 0 Å². The van der Waals surface area contributed by atoms with Crippen LogP contribution in [0.5, 0.6) is 0 Å². The molecule has 49 heavy (non-hydrogen) atoms. The van der Waals surface area contributed by atoms with E-state index in [1.54, 1.807) is 4.90 Å². The summed E-state index contributed by atoms with van der Waals surface area (Å²) in [4.78, 5) is 70.2. The maximum atomic E-state index is 14.8. The first kappa shape index (κ1) is 35.1. The predicted molar refractivity (Wildman–Crippen MR) is 187 cm³/mol. The molecule has 1 aromatic rings. The number of likely N-dealkylation sites (tertiary alicyclic amines) is 1. The Morgan fingerprint density at radius 1 is 0.959 bits per heavy atom. The number of urea groups is 1. The van der Waals surface area contributed by atoms with E-state index in [9.17, 15) is 24.0 Å². The normalized spacial score (nSPS) is 29.6. The number of hydrogen-bond acceptors (Lipinski definition) is 5. The van der Waals surface area contributed by atoms with E-state index in [-0.39, 0.29) is 41.8 Å². The van der Waals surface area contributed by atoms with Gasteiger partial charge in [-0.1, -0.05) is 57.5 Å². The summed E-state index contributed by atoms with van der Waals surface area (Å²) in [7, 11) is 0. The van der Waals surface area contributed by atoms with Gasteiger partial charge in [0.05, 0.1) is 6.04 Å². The first-order valence-corrected chi connectivity index (χ1v) is 18.7. The maximum absolute atomic E-state index is 14.8. The number of amides is 5. The quantitative estimate of drug-likeness (QED) is 0.185. The Bertz CT molecular complexity index is 1400. The summed E-state index contributed by atoms with van der Waals surface area (Å²) >= 11 is 0. The summed E-state index contributed by atoms with van der Waals surface area (Å²) in [6.45, 7) is 10.1. The van der Waals surface area contributed by atoms with Crippen LogP contribution in [-0.2, 0) is 32.0 Å². The summed E-state index contributed by atoms with van der Waals surface area (Å²) < 4.78 is 0. The summed E-state index contributed by atoms with van der Waals surface area (Å²) in [5.74, 6) is -0.374. The lowest BCUT2D eigenvalue weighted by Gasteiger charge is -2.56. The van der Waals surface area contributed by atoms with Crippen LogP contribution in [0, 0.1) is 35.5 Å². The zero-order valence-corrected chi connectivity index (χ0v) is 29.5. The summed E-state index contributed by atoms with van der Waals surface area (Å²) in [6.07, 6.45) is 11.2. The minimum absolute atomic E-state index is 0.0892. The maximum Gasteiger partial charge on any atom is 0.315 e. The Labute approximate surface area is 291 Å². The molecule has 1 aliphatic heterocycles. The van der Waals surface area contributed by atoms with Crippen molar-refractivity contribution in [1.82, 2.24) is 26.2 Å². The molecule has 10 heteroatoms. The van der Waals surface area contributed by atoms with Crippen molar-refractivity contribution < 1.29 is 24.0 Å². The van der Waals surface area contributed by atoms with Gasteiger partial charge in [0.1, 0.15) is 12.1 Å². The van der Waals surface area contributed by atoms with Crippen LogP contribution >= 0.6 is 0 Å². The van der Waals surface area contributed by atoms with Crippen molar-refractivity contribution in [2.75, 3.05) is 13.1 Å². The SMILES string of the molecule is C=CCNC(=O)C(=O)C(CCC)NC(=O)[C@@H]1C(C(C)C)CCN1C(=O)[C@@H](NC(=O)NC12CC3CC(CC(C3)C1)C2)C1Cc2ccccc2C1. The molecule has 1 aromatic carbocycles. The van der Waals surface area contributed by atoms with E-state index in [4.69, 9.17) is 0 Å². The number of hydrogen-bond donors (Lipinski definition) is 4. The fraction of sp³-hybridized carbons (Fsp3) is 0.667. The number of nitrogens with zero attached hydrogens (tertiary/aromatic N) is 1. The predicted octanol–water partition coefficient (Wildman–Crippen LogP) is 4.07. The first-order valence-electron chi connectivity index (χ1n) is 18.7. The van der Waals surface area contributed by atoms with Gasteiger partial charge in [-0.2, -0.15) is 0 Å². The molecule has 4 bridgehead atoms. The van der Waals surface area contributed by atoms with E-state index in [0.717, 1.165) is 19.3 Å². The third-order valence-corrected chi connectivity index (χ3v) is 12.2. The highest BCUT2D eigenvalue weighted by Gasteiger charge is 2.52. The molecule has 0 radical (unpaired) electrons. The molecule has 0 aromatic heterocycles. The van der Waals surface area contributed by atoms with Gasteiger partial charge in [-0.25, -0.2) is 4.79 Å². The minimum Gasteiger partial charge on any atom is -0.346 e. The number of rotatable bonds is 13. The number of ketones is 1. The molecular formula is C39H55N5O5. The van der Waals surface area contributed by atoms with Crippen molar-refractivity contribution in [3.8, 4) is 0 Å². The molecular weight excluding hydrogens is 618 g/mol. The van der Waals surface area contributed by atoms with Crippen LogP contribution in [0.1, 0.15) is 89.7 Å². The largest absolute Gasteiger partial charge is 0.346 e. The standard InChI is InChI=1S/C39H55N5O5/c1-5-9-31(34(45)36(47)40-13-6-2)41-35(46)33-30(23(3)4)12-14-44(33)37(48)32(29-18-27-10-7-8-11-28(27)19-29)42-38(49)43-39-20-24-15-25(21-39)17-26(16-24)22-39/h6-8,10-11,23-26,29-33H,2,5,9,12-22H2,1,3-4H3,(H,40,47)(H,41,46)(H2,42,43,49)/t24?,25?,26?,30?,31?,32-,33-,39?/m0/s1. The van der Waals surface area contributed by atoms with Gasteiger partial charge in [0.15, 0.2) is 0 Å². The molecule has 5 amide bonds. The summed E-state index contributed by atoms with van der Waals surface area (Å²) in [5.41, 5.74) is 2.16. The summed E-state index contributed by atoms with van der Waals surface area (Å²) in [5, 5.41) is 12.0. The Morgan fingerprint density at radius 3 is 2.12 bits per heavy atom. The molecule has 10 nitrogen and oxygen atoms in total. The third kappa shape index (κ3) is 7.43. The van der Waals surface area contributed by atoms with Crippen molar-refractivity contribution >= 4 is 29.5 Å². The number of nitrogens with one attached hydrogen (secondary N) is 4. The molecule has 1 heterocycles. The van der Waals surface area contributed by atoms with Gasteiger partial charge in [0.2, 0.25) is 17.6 Å². The van der Waals surface area contributed by atoms with Crippen molar-refractivity contribution in [1.29, 1.82) is 0 Å². The highest BCUT2D eigenvalue weighted by molar-refractivity contribution is 6.38. The van der Waals surface area contributed by atoms with Gasteiger partial charge in [0.25, 0.3) is 5.91 Å². The van der Waals surface area contributed by atoms with Crippen LogP contribution in [0.2, 0.25) is 0 Å². The second kappa shape index (κ2) is 14.7.